The van der Waals surface area contributed by atoms with E-state index < -0.39 is 12.1 Å². The molecular formula is C20H23NO4. The number of carbonyl (C=O) groups excluding carboxylic acids is 1. The first-order chi connectivity index (χ1) is 12.0. The van der Waals surface area contributed by atoms with E-state index in [4.69, 9.17) is 9.84 Å². The number of ether oxygens (including phenoxy) is 1. The van der Waals surface area contributed by atoms with Crippen LogP contribution < -0.4 is 10.1 Å². The van der Waals surface area contributed by atoms with Gasteiger partial charge in [0.1, 0.15) is 5.75 Å². The topological polar surface area (TPSA) is 75.6 Å². The monoisotopic (exact) mass is 341 g/mol. The molecule has 132 valence electrons. The lowest BCUT2D eigenvalue weighted by atomic mass is 10.0. The van der Waals surface area contributed by atoms with Crippen molar-refractivity contribution in [1.29, 1.82) is 0 Å². The Balaban J connectivity index is 2.03. The molecule has 0 fully saturated rings. The molecule has 0 saturated heterocycles. The highest BCUT2D eigenvalue weighted by Gasteiger charge is 2.21. The Labute approximate surface area is 147 Å². The van der Waals surface area contributed by atoms with E-state index in [9.17, 15) is 9.59 Å². The van der Waals surface area contributed by atoms with E-state index in [0.717, 1.165) is 11.1 Å². The maximum Gasteiger partial charge on any atom is 0.303 e. The fourth-order valence-corrected chi connectivity index (χ4v) is 2.51. The molecular weight excluding hydrogens is 318 g/mol. The predicted octanol–water partition coefficient (Wildman–Crippen LogP) is 3.48. The van der Waals surface area contributed by atoms with E-state index in [0.29, 0.717) is 12.2 Å². The molecule has 0 aliphatic carbocycles. The summed E-state index contributed by atoms with van der Waals surface area (Å²) in [6.07, 6.45) is -0.382. The molecule has 0 aliphatic heterocycles. The SMILES string of the molecule is Cc1cccc(OC(C)C(=O)NC(CCC(=O)O)c2ccccc2)c1. The second-order valence-electron chi connectivity index (χ2n) is 5.98. The highest BCUT2D eigenvalue weighted by Crippen LogP contribution is 2.19. The Morgan fingerprint density at radius 3 is 2.48 bits per heavy atom. The number of rotatable bonds is 8. The smallest absolute Gasteiger partial charge is 0.303 e. The minimum absolute atomic E-state index is 0.0209. The molecule has 2 rings (SSSR count). The second kappa shape index (κ2) is 8.87. The molecule has 0 bridgehead atoms. The molecule has 2 aromatic rings. The minimum atomic E-state index is -0.890. The van der Waals surface area contributed by atoms with Crippen molar-refractivity contribution in [3.8, 4) is 5.75 Å². The number of hydrogen-bond donors (Lipinski definition) is 2. The number of benzene rings is 2. The number of carboxylic acids is 1. The van der Waals surface area contributed by atoms with Gasteiger partial charge in [-0.15, -0.1) is 0 Å². The summed E-state index contributed by atoms with van der Waals surface area (Å²) in [5, 5.41) is 11.8. The Kier molecular flexibility index (Phi) is 6.57. The normalized spacial score (nSPS) is 12.9. The Morgan fingerprint density at radius 2 is 1.84 bits per heavy atom. The van der Waals surface area contributed by atoms with Gasteiger partial charge in [-0.2, -0.15) is 0 Å². The molecule has 25 heavy (non-hydrogen) atoms. The Hall–Kier alpha value is -2.82. The second-order valence-corrected chi connectivity index (χ2v) is 5.98. The van der Waals surface area contributed by atoms with Gasteiger partial charge in [0.25, 0.3) is 5.91 Å². The van der Waals surface area contributed by atoms with Crippen LogP contribution in [0.1, 0.15) is 36.9 Å². The van der Waals surface area contributed by atoms with Crippen LogP contribution in [0.2, 0.25) is 0 Å². The fourth-order valence-electron chi connectivity index (χ4n) is 2.51. The maximum absolute atomic E-state index is 12.5. The van der Waals surface area contributed by atoms with Gasteiger partial charge in [0.2, 0.25) is 0 Å². The highest BCUT2D eigenvalue weighted by atomic mass is 16.5. The van der Waals surface area contributed by atoms with Crippen LogP contribution in [0.15, 0.2) is 54.6 Å². The molecule has 2 unspecified atom stereocenters. The van der Waals surface area contributed by atoms with E-state index in [1.807, 2.05) is 55.5 Å². The van der Waals surface area contributed by atoms with Crippen molar-refractivity contribution in [2.45, 2.75) is 38.8 Å². The zero-order valence-electron chi connectivity index (χ0n) is 14.4. The third kappa shape index (κ3) is 5.95. The van der Waals surface area contributed by atoms with Crippen molar-refractivity contribution < 1.29 is 19.4 Å². The van der Waals surface area contributed by atoms with Crippen molar-refractivity contribution in [2.24, 2.45) is 0 Å². The number of hydrogen-bond acceptors (Lipinski definition) is 3. The molecule has 5 heteroatoms. The quantitative estimate of drug-likeness (QED) is 0.771. The summed E-state index contributed by atoms with van der Waals surface area (Å²) in [7, 11) is 0. The largest absolute Gasteiger partial charge is 0.481 e. The molecule has 0 aromatic heterocycles. The first-order valence-corrected chi connectivity index (χ1v) is 8.26. The van der Waals surface area contributed by atoms with Crippen LogP contribution in [0.25, 0.3) is 0 Å². The third-order valence-electron chi connectivity index (χ3n) is 3.84. The van der Waals surface area contributed by atoms with Crippen LogP contribution in [0, 0.1) is 6.92 Å². The zero-order valence-corrected chi connectivity index (χ0v) is 14.4. The van der Waals surface area contributed by atoms with Gasteiger partial charge in [-0.3, -0.25) is 9.59 Å². The summed E-state index contributed by atoms with van der Waals surface area (Å²) in [5.74, 6) is -0.538. The molecule has 0 radical (unpaired) electrons. The first kappa shape index (κ1) is 18.5. The number of aliphatic carboxylic acids is 1. The van der Waals surface area contributed by atoms with Crippen molar-refractivity contribution in [3.05, 3.63) is 65.7 Å². The van der Waals surface area contributed by atoms with E-state index in [2.05, 4.69) is 5.32 Å². The van der Waals surface area contributed by atoms with E-state index >= 15 is 0 Å². The molecule has 0 aliphatic rings. The number of aryl methyl sites for hydroxylation is 1. The molecule has 1 amide bonds. The highest BCUT2D eigenvalue weighted by molar-refractivity contribution is 5.81. The van der Waals surface area contributed by atoms with Crippen molar-refractivity contribution in [1.82, 2.24) is 5.32 Å². The van der Waals surface area contributed by atoms with Crippen molar-refractivity contribution >= 4 is 11.9 Å². The summed E-state index contributed by atoms with van der Waals surface area (Å²) in [6, 6.07) is 16.5. The standard InChI is InChI=1S/C20H23NO4/c1-14-7-6-10-17(13-14)25-15(2)20(24)21-18(11-12-19(22)23)16-8-4-3-5-9-16/h3-10,13,15,18H,11-12H2,1-2H3,(H,21,24)(H,22,23). The average molecular weight is 341 g/mol. The lowest BCUT2D eigenvalue weighted by molar-refractivity contribution is -0.137. The zero-order chi connectivity index (χ0) is 18.2. The summed E-state index contributed by atoms with van der Waals surface area (Å²) in [4.78, 5) is 23.4. The third-order valence-corrected chi connectivity index (χ3v) is 3.84. The van der Waals surface area contributed by atoms with Gasteiger partial charge in [0.15, 0.2) is 6.10 Å². The summed E-state index contributed by atoms with van der Waals surface area (Å²) >= 11 is 0. The molecule has 2 N–H and O–H groups in total. The van der Waals surface area contributed by atoms with Gasteiger partial charge in [-0.25, -0.2) is 0 Å². The summed E-state index contributed by atoms with van der Waals surface area (Å²) < 4.78 is 5.69. The number of nitrogens with one attached hydrogen (secondary N) is 1. The first-order valence-electron chi connectivity index (χ1n) is 8.26. The van der Waals surface area contributed by atoms with Crippen LogP contribution in [0.3, 0.4) is 0 Å². The van der Waals surface area contributed by atoms with Gasteiger partial charge < -0.3 is 15.2 Å². The minimum Gasteiger partial charge on any atom is -0.481 e. The molecule has 0 heterocycles. The van der Waals surface area contributed by atoms with Crippen LogP contribution in [0.5, 0.6) is 5.75 Å². The molecule has 2 atom stereocenters. The van der Waals surface area contributed by atoms with Crippen LogP contribution in [0.4, 0.5) is 0 Å². The lowest BCUT2D eigenvalue weighted by Crippen LogP contribution is -2.38. The number of amides is 1. The van der Waals surface area contributed by atoms with Gasteiger partial charge in [-0.1, -0.05) is 42.5 Å². The van der Waals surface area contributed by atoms with Crippen molar-refractivity contribution in [3.63, 3.8) is 0 Å². The van der Waals surface area contributed by atoms with Gasteiger partial charge in [0, 0.05) is 6.42 Å². The van der Waals surface area contributed by atoms with E-state index in [-0.39, 0.29) is 18.4 Å². The number of carbonyl (C=O) groups is 2. The summed E-state index contributed by atoms with van der Waals surface area (Å²) in [6.45, 7) is 3.63. The lowest BCUT2D eigenvalue weighted by Gasteiger charge is -2.22. The van der Waals surface area contributed by atoms with Crippen molar-refractivity contribution in [2.75, 3.05) is 0 Å². The molecule has 2 aromatic carbocycles. The van der Waals surface area contributed by atoms with Gasteiger partial charge >= 0.3 is 5.97 Å². The Morgan fingerprint density at radius 1 is 1.12 bits per heavy atom. The Bertz CT molecular complexity index is 715. The summed E-state index contributed by atoms with van der Waals surface area (Å²) in [5.41, 5.74) is 1.92. The van der Waals surface area contributed by atoms with Gasteiger partial charge in [-0.05, 0) is 43.5 Å². The predicted molar refractivity (Wildman–Crippen MR) is 95.5 cm³/mol. The van der Waals surface area contributed by atoms with E-state index in [1.54, 1.807) is 13.0 Å². The molecule has 0 spiro atoms. The number of carboxylic acid groups (broad SMARTS) is 1. The fraction of sp³-hybridized carbons (Fsp3) is 0.300. The maximum atomic E-state index is 12.5. The van der Waals surface area contributed by atoms with Crippen LogP contribution >= 0.6 is 0 Å². The molecule has 0 saturated carbocycles. The molecule has 5 nitrogen and oxygen atoms in total. The van der Waals surface area contributed by atoms with Crippen LogP contribution in [-0.4, -0.2) is 23.1 Å². The van der Waals surface area contributed by atoms with E-state index in [1.165, 1.54) is 0 Å². The van der Waals surface area contributed by atoms with Gasteiger partial charge in [0.05, 0.1) is 6.04 Å². The average Bonchev–Trinajstić information content (AvgIpc) is 2.59. The van der Waals surface area contributed by atoms with Crippen LogP contribution in [-0.2, 0) is 9.59 Å².